The Morgan fingerprint density at radius 1 is 1.25 bits per heavy atom. The van der Waals surface area contributed by atoms with Gasteiger partial charge in [0.05, 0.1) is 11.6 Å². The van der Waals surface area contributed by atoms with Crippen molar-refractivity contribution in [2.24, 2.45) is 0 Å². The van der Waals surface area contributed by atoms with E-state index < -0.39 is 0 Å². The Hall–Kier alpha value is -2.18. The SMILES string of the molecule is CC1=C(C(=O)Nc2ccc(C)cc2C)[C@H](c2cccs2)NC(=S)N1. The second-order valence-electron chi connectivity index (χ2n) is 5.86. The van der Waals surface area contributed by atoms with E-state index in [0.29, 0.717) is 10.7 Å². The van der Waals surface area contributed by atoms with Gasteiger partial charge in [-0.25, -0.2) is 0 Å². The summed E-state index contributed by atoms with van der Waals surface area (Å²) in [5, 5.41) is 11.8. The molecule has 124 valence electrons. The lowest BCUT2D eigenvalue weighted by Crippen LogP contribution is -2.45. The van der Waals surface area contributed by atoms with Crippen molar-refractivity contribution >= 4 is 40.3 Å². The van der Waals surface area contributed by atoms with Gasteiger partial charge in [0.1, 0.15) is 0 Å². The first-order chi connectivity index (χ1) is 11.5. The van der Waals surface area contributed by atoms with Gasteiger partial charge in [-0.15, -0.1) is 11.3 Å². The van der Waals surface area contributed by atoms with Gasteiger partial charge in [0.25, 0.3) is 5.91 Å². The van der Waals surface area contributed by atoms with Crippen molar-refractivity contribution in [2.45, 2.75) is 26.8 Å². The number of thiocarbonyl (C=S) groups is 1. The maximum absolute atomic E-state index is 12.9. The maximum atomic E-state index is 12.9. The van der Waals surface area contributed by atoms with Crippen LogP contribution in [-0.4, -0.2) is 11.0 Å². The monoisotopic (exact) mass is 357 g/mol. The van der Waals surface area contributed by atoms with Crippen LogP contribution in [0.4, 0.5) is 5.69 Å². The van der Waals surface area contributed by atoms with E-state index in [1.807, 2.05) is 50.4 Å². The molecule has 2 heterocycles. The van der Waals surface area contributed by atoms with Gasteiger partial charge in [0, 0.05) is 16.3 Å². The van der Waals surface area contributed by atoms with Gasteiger partial charge in [-0.2, -0.15) is 0 Å². The predicted octanol–water partition coefficient (Wildman–Crippen LogP) is 3.80. The highest BCUT2D eigenvalue weighted by Gasteiger charge is 2.30. The number of thiophene rings is 1. The molecule has 1 aliphatic rings. The summed E-state index contributed by atoms with van der Waals surface area (Å²) >= 11 is 6.86. The Kier molecular flexibility index (Phi) is 4.69. The highest BCUT2D eigenvalue weighted by Crippen LogP contribution is 2.30. The number of allylic oxidation sites excluding steroid dienone is 1. The van der Waals surface area contributed by atoms with Crippen molar-refractivity contribution in [3.8, 4) is 0 Å². The molecule has 0 fully saturated rings. The zero-order chi connectivity index (χ0) is 17.3. The number of benzene rings is 1. The van der Waals surface area contributed by atoms with Crippen LogP contribution in [0.3, 0.4) is 0 Å². The molecule has 3 rings (SSSR count). The maximum Gasteiger partial charge on any atom is 0.255 e. The third-order valence-corrected chi connectivity index (χ3v) is 5.13. The third kappa shape index (κ3) is 3.34. The second kappa shape index (κ2) is 6.75. The summed E-state index contributed by atoms with van der Waals surface area (Å²) in [7, 11) is 0. The van der Waals surface area contributed by atoms with Crippen molar-refractivity contribution in [1.29, 1.82) is 0 Å². The van der Waals surface area contributed by atoms with Crippen LogP contribution < -0.4 is 16.0 Å². The number of rotatable bonds is 3. The van der Waals surface area contributed by atoms with Crippen LogP contribution in [0.5, 0.6) is 0 Å². The highest BCUT2D eigenvalue weighted by atomic mass is 32.1. The number of amides is 1. The Bertz CT molecular complexity index is 825. The number of nitrogens with one attached hydrogen (secondary N) is 3. The average molecular weight is 358 g/mol. The summed E-state index contributed by atoms with van der Waals surface area (Å²) in [6, 6.07) is 9.74. The number of carbonyl (C=O) groups excluding carboxylic acids is 1. The molecule has 1 amide bonds. The first kappa shape index (κ1) is 16.7. The van der Waals surface area contributed by atoms with Gasteiger partial charge in [-0.1, -0.05) is 23.8 Å². The van der Waals surface area contributed by atoms with Gasteiger partial charge < -0.3 is 16.0 Å². The summed E-state index contributed by atoms with van der Waals surface area (Å²) in [4.78, 5) is 14.0. The fraction of sp³-hybridized carbons (Fsp3) is 0.222. The van der Waals surface area contributed by atoms with Crippen LogP contribution >= 0.6 is 23.6 Å². The molecule has 0 saturated carbocycles. The summed E-state index contributed by atoms with van der Waals surface area (Å²) in [6.45, 7) is 5.91. The second-order valence-corrected chi connectivity index (χ2v) is 7.25. The Labute approximate surface area is 151 Å². The molecular formula is C18H19N3OS2. The minimum Gasteiger partial charge on any atom is -0.350 e. The number of hydrogen-bond acceptors (Lipinski definition) is 3. The molecule has 0 spiro atoms. The van der Waals surface area contributed by atoms with Crippen molar-refractivity contribution in [1.82, 2.24) is 10.6 Å². The normalized spacial score (nSPS) is 17.3. The smallest absolute Gasteiger partial charge is 0.255 e. The molecule has 1 aromatic heterocycles. The molecule has 0 radical (unpaired) electrons. The number of carbonyl (C=O) groups is 1. The van der Waals surface area contributed by atoms with Crippen LogP contribution in [0.1, 0.15) is 29.0 Å². The van der Waals surface area contributed by atoms with E-state index in [-0.39, 0.29) is 11.9 Å². The van der Waals surface area contributed by atoms with E-state index in [4.69, 9.17) is 12.2 Å². The minimum absolute atomic E-state index is 0.125. The topological polar surface area (TPSA) is 53.2 Å². The molecule has 3 N–H and O–H groups in total. The molecule has 2 aromatic rings. The summed E-state index contributed by atoms with van der Waals surface area (Å²) in [5.74, 6) is -0.125. The van der Waals surface area contributed by atoms with E-state index in [1.165, 1.54) is 5.56 Å². The van der Waals surface area contributed by atoms with Crippen molar-refractivity contribution < 1.29 is 4.79 Å². The van der Waals surface area contributed by atoms with Crippen molar-refractivity contribution in [2.75, 3.05) is 5.32 Å². The van der Waals surface area contributed by atoms with Crippen molar-refractivity contribution in [3.63, 3.8) is 0 Å². The third-order valence-electron chi connectivity index (χ3n) is 3.97. The van der Waals surface area contributed by atoms with E-state index in [9.17, 15) is 4.79 Å². The Morgan fingerprint density at radius 2 is 2.04 bits per heavy atom. The molecule has 0 aliphatic carbocycles. The minimum atomic E-state index is -0.232. The number of aryl methyl sites for hydroxylation is 2. The molecule has 1 aromatic carbocycles. The molecule has 0 saturated heterocycles. The summed E-state index contributed by atoms with van der Waals surface area (Å²) in [5.41, 5.74) is 4.47. The molecule has 0 bridgehead atoms. The lowest BCUT2D eigenvalue weighted by Gasteiger charge is -2.29. The number of anilines is 1. The number of hydrogen-bond donors (Lipinski definition) is 3. The predicted molar refractivity (Wildman–Crippen MR) is 103 cm³/mol. The Balaban J connectivity index is 1.93. The highest BCUT2D eigenvalue weighted by molar-refractivity contribution is 7.80. The van der Waals surface area contributed by atoms with E-state index in [2.05, 4.69) is 22.0 Å². The lowest BCUT2D eigenvalue weighted by atomic mass is 10.0. The molecule has 4 nitrogen and oxygen atoms in total. The molecule has 6 heteroatoms. The largest absolute Gasteiger partial charge is 0.350 e. The van der Waals surface area contributed by atoms with Gasteiger partial charge in [-0.3, -0.25) is 4.79 Å². The van der Waals surface area contributed by atoms with Crippen molar-refractivity contribution in [3.05, 3.63) is 63.0 Å². The van der Waals surface area contributed by atoms with Crippen LogP contribution in [-0.2, 0) is 4.79 Å². The van der Waals surface area contributed by atoms with Gasteiger partial charge >= 0.3 is 0 Å². The molecule has 1 aliphatic heterocycles. The molecule has 0 unspecified atom stereocenters. The quantitative estimate of drug-likeness (QED) is 0.732. The summed E-state index contributed by atoms with van der Waals surface area (Å²) in [6.07, 6.45) is 0. The van der Waals surface area contributed by atoms with Crippen LogP contribution in [0.2, 0.25) is 0 Å². The first-order valence-corrected chi connectivity index (χ1v) is 8.95. The van der Waals surface area contributed by atoms with Crippen LogP contribution in [0, 0.1) is 13.8 Å². The first-order valence-electron chi connectivity index (χ1n) is 7.66. The zero-order valence-electron chi connectivity index (χ0n) is 13.8. The zero-order valence-corrected chi connectivity index (χ0v) is 15.4. The standard InChI is InChI=1S/C18H19N3OS2/c1-10-6-7-13(11(2)9-10)20-17(22)15-12(3)19-18(23)21-16(15)14-5-4-8-24-14/h4-9,16H,1-3H3,(H,20,22)(H2,19,21,23)/t16-/m0/s1. The van der Waals surface area contributed by atoms with Crippen LogP contribution in [0.25, 0.3) is 0 Å². The van der Waals surface area contributed by atoms with Gasteiger partial charge in [0.15, 0.2) is 5.11 Å². The van der Waals surface area contributed by atoms with E-state index in [0.717, 1.165) is 21.8 Å². The molecule has 24 heavy (non-hydrogen) atoms. The van der Waals surface area contributed by atoms with Gasteiger partial charge in [-0.05, 0) is 56.1 Å². The van der Waals surface area contributed by atoms with E-state index >= 15 is 0 Å². The van der Waals surface area contributed by atoms with Gasteiger partial charge in [0.2, 0.25) is 0 Å². The fourth-order valence-electron chi connectivity index (χ4n) is 2.81. The lowest BCUT2D eigenvalue weighted by molar-refractivity contribution is -0.113. The molecular weight excluding hydrogens is 338 g/mol. The summed E-state index contributed by atoms with van der Waals surface area (Å²) < 4.78 is 0. The van der Waals surface area contributed by atoms with Crippen LogP contribution in [0.15, 0.2) is 47.0 Å². The Morgan fingerprint density at radius 3 is 2.71 bits per heavy atom. The average Bonchev–Trinajstić information content (AvgIpc) is 3.03. The van der Waals surface area contributed by atoms with E-state index in [1.54, 1.807) is 11.3 Å². The molecule has 1 atom stereocenters. The fourth-order valence-corrected chi connectivity index (χ4v) is 3.86.